The zero-order valence-electron chi connectivity index (χ0n) is 5.10. The van der Waals surface area contributed by atoms with E-state index >= 15 is 0 Å². The van der Waals surface area contributed by atoms with Crippen LogP contribution in [0.5, 0.6) is 0 Å². The van der Waals surface area contributed by atoms with Gasteiger partial charge in [0.15, 0.2) is 0 Å². The molecule has 0 aromatic carbocycles. The van der Waals surface area contributed by atoms with Crippen molar-refractivity contribution in [2.45, 2.75) is 13.0 Å². The van der Waals surface area contributed by atoms with Crippen LogP contribution in [0, 0.1) is 6.01 Å². The number of halogens is 1. The standard InChI is InChI=1S/C6H8FNO/c1-4(8)5-2-6(7)9-3-5/h2-4H,8H2,1H3/t4-/m0/s1. The minimum atomic E-state index is -0.581. The van der Waals surface area contributed by atoms with E-state index in [1.807, 2.05) is 0 Å². The van der Waals surface area contributed by atoms with Crippen LogP contribution in [0.2, 0.25) is 0 Å². The Morgan fingerprint density at radius 2 is 2.44 bits per heavy atom. The SMILES string of the molecule is C[C@H](N)c1coc(F)c1. The average Bonchev–Trinajstić information content (AvgIpc) is 2.14. The summed E-state index contributed by atoms with van der Waals surface area (Å²) in [5, 5.41) is 0. The first-order valence-corrected chi connectivity index (χ1v) is 2.69. The molecule has 0 aliphatic carbocycles. The monoisotopic (exact) mass is 129 g/mol. The van der Waals surface area contributed by atoms with Crippen molar-refractivity contribution in [3.8, 4) is 0 Å². The fourth-order valence-corrected chi connectivity index (χ4v) is 0.562. The highest BCUT2D eigenvalue weighted by atomic mass is 19.1. The molecule has 2 nitrogen and oxygen atoms in total. The lowest BCUT2D eigenvalue weighted by Crippen LogP contribution is -2.02. The van der Waals surface area contributed by atoms with Gasteiger partial charge in [-0.2, -0.15) is 4.39 Å². The number of furan rings is 1. The molecular formula is C6H8FNO. The van der Waals surface area contributed by atoms with Gasteiger partial charge in [-0.1, -0.05) is 0 Å². The minimum absolute atomic E-state index is 0.154. The highest BCUT2D eigenvalue weighted by Crippen LogP contribution is 2.11. The second kappa shape index (κ2) is 2.19. The molecular weight excluding hydrogens is 121 g/mol. The molecule has 9 heavy (non-hydrogen) atoms. The van der Waals surface area contributed by atoms with E-state index in [9.17, 15) is 4.39 Å². The molecule has 0 radical (unpaired) electrons. The lowest BCUT2D eigenvalue weighted by molar-refractivity contribution is 0.358. The maximum absolute atomic E-state index is 12.1. The largest absolute Gasteiger partial charge is 0.439 e. The van der Waals surface area contributed by atoms with Crippen LogP contribution in [-0.4, -0.2) is 0 Å². The van der Waals surface area contributed by atoms with Crippen molar-refractivity contribution in [1.82, 2.24) is 0 Å². The smallest absolute Gasteiger partial charge is 0.277 e. The van der Waals surface area contributed by atoms with E-state index in [4.69, 9.17) is 5.73 Å². The quantitative estimate of drug-likeness (QED) is 0.623. The summed E-state index contributed by atoms with van der Waals surface area (Å²) in [6.45, 7) is 1.77. The molecule has 1 aromatic heterocycles. The van der Waals surface area contributed by atoms with Crippen LogP contribution in [0.25, 0.3) is 0 Å². The molecule has 3 heteroatoms. The second-order valence-corrected chi connectivity index (χ2v) is 1.97. The molecule has 1 aromatic rings. The van der Waals surface area contributed by atoms with E-state index in [0.29, 0.717) is 5.56 Å². The average molecular weight is 129 g/mol. The van der Waals surface area contributed by atoms with Crippen LogP contribution < -0.4 is 5.73 Å². The topological polar surface area (TPSA) is 39.2 Å². The summed E-state index contributed by atoms with van der Waals surface area (Å²) in [5.41, 5.74) is 6.09. The molecule has 1 atom stereocenters. The van der Waals surface area contributed by atoms with E-state index in [2.05, 4.69) is 4.42 Å². The summed E-state index contributed by atoms with van der Waals surface area (Å²) < 4.78 is 16.4. The van der Waals surface area contributed by atoms with Gasteiger partial charge in [-0.3, -0.25) is 0 Å². The molecule has 0 aliphatic rings. The minimum Gasteiger partial charge on any atom is -0.439 e. The molecule has 0 saturated carbocycles. The molecule has 0 fully saturated rings. The molecule has 50 valence electrons. The molecule has 0 aliphatic heterocycles. The summed E-state index contributed by atoms with van der Waals surface area (Å²) in [5.74, 6) is 0. The maximum atomic E-state index is 12.1. The zero-order chi connectivity index (χ0) is 6.85. The number of hydrogen-bond donors (Lipinski definition) is 1. The molecule has 0 saturated heterocycles. The van der Waals surface area contributed by atoms with Crippen LogP contribution >= 0.6 is 0 Å². The van der Waals surface area contributed by atoms with Gasteiger partial charge in [-0.25, -0.2) is 0 Å². The van der Waals surface area contributed by atoms with Gasteiger partial charge in [-0.15, -0.1) is 0 Å². The molecule has 0 spiro atoms. The van der Waals surface area contributed by atoms with Gasteiger partial charge in [0.2, 0.25) is 0 Å². The van der Waals surface area contributed by atoms with Crippen LogP contribution in [-0.2, 0) is 0 Å². The molecule has 0 amide bonds. The highest BCUT2D eigenvalue weighted by molar-refractivity contribution is 5.10. The Morgan fingerprint density at radius 3 is 2.67 bits per heavy atom. The Labute approximate surface area is 52.5 Å². The van der Waals surface area contributed by atoms with Gasteiger partial charge in [0, 0.05) is 17.7 Å². The van der Waals surface area contributed by atoms with Crippen LogP contribution in [0.4, 0.5) is 4.39 Å². The fraction of sp³-hybridized carbons (Fsp3) is 0.333. The van der Waals surface area contributed by atoms with Gasteiger partial charge in [0.05, 0.1) is 6.26 Å². The van der Waals surface area contributed by atoms with E-state index in [1.165, 1.54) is 12.3 Å². The summed E-state index contributed by atoms with van der Waals surface area (Å²) in [6.07, 6.45) is 1.32. The van der Waals surface area contributed by atoms with Crippen LogP contribution in [0.15, 0.2) is 16.7 Å². The van der Waals surface area contributed by atoms with Crippen LogP contribution in [0.1, 0.15) is 18.5 Å². The van der Waals surface area contributed by atoms with Gasteiger partial charge < -0.3 is 10.2 Å². The van der Waals surface area contributed by atoms with Crippen molar-refractivity contribution in [2.75, 3.05) is 0 Å². The first-order valence-electron chi connectivity index (χ1n) is 2.69. The van der Waals surface area contributed by atoms with Gasteiger partial charge in [0.1, 0.15) is 0 Å². The van der Waals surface area contributed by atoms with E-state index in [1.54, 1.807) is 6.92 Å². The Kier molecular flexibility index (Phi) is 1.53. The van der Waals surface area contributed by atoms with Crippen molar-refractivity contribution in [1.29, 1.82) is 0 Å². The lowest BCUT2D eigenvalue weighted by Gasteiger charge is -1.95. The van der Waals surface area contributed by atoms with E-state index in [-0.39, 0.29) is 6.04 Å². The molecule has 1 heterocycles. The Balaban J connectivity index is 2.85. The summed E-state index contributed by atoms with van der Waals surface area (Å²) >= 11 is 0. The van der Waals surface area contributed by atoms with Crippen molar-refractivity contribution in [3.05, 3.63) is 23.9 Å². The van der Waals surface area contributed by atoms with Gasteiger partial charge in [-0.05, 0) is 6.92 Å². The van der Waals surface area contributed by atoms with Crippen molar-refractivity contribution >= 4 is 0 Å². The van der Waals surface area contributed by atoms with Crippen LogP contribution in [0.3, 0.4) is 0 Å². The van der Waals surface area contributed by atoms with Crippen molar-refractivity contribution in [2.24, 2.45) is 5.73 Å². The lowest BCUT2D eigenvalue weighted by atomic mass is 10.2. The molecule has 0 unspecified atom stereocenters. The third-order valence-corrected chi connectivity index (χ3v) is 1.11. The Morgan fingerprint density at radius 1 is 1.78 bits per heavy atom. The normalized spacial score (nSPS) is 13.7. The van der Waals surface area contributed by atoms with Crippen molar-refractivity contribution in [3.63, 3.8) is 0 Å². The fourth-order valence-electron chi connectivity index (χ4n) is 0.562. The number of hydrogen-bond acceptors (Lipinski definition) is 2. The highest BCUT2D eigenvalue weighted by Gasteiger charge is 2.02. The summed E-state index contributed by atoms with van der Waals surface area (Å²) in [4.78, 5) is 0. The Hall–Kier alpha value is -0.830. The van der Waals surface area contributed by atoms with Gasteiger partial charge >= 0.3 is 0 Å². The Bertz CT molecular complexity index is 195. The maximum Gasteiger partial charge on any atom is 0.277 e. The predicted octanol–water partition coefficient (Wildman–Crippen LogP) is 1.44. The van der Waals surface area contributed by atoms with E-state index < -0.39 is 6.01 Å². The second-order valence-electron chi connectivity index (χ2n) is 1.97. The zero-order valence-corrected chi connectivity index (χ0v) is 5.10. The summed E-state index contributed by atoms with van der Waals surface area (Å²) in [6, 6.07) is 0.547. The number of rotatable bonds is 1. The first-order chi connectivity index (χ1) is 4.20. The molecule has 2 N–H and O–H groups in total. The predicted molar refractivity (Wildman–Crippen MR) is 31.3 cm³/mol. The first kappa shape index (κ1) is 6.29. The van der Waals surface area contributed by atoms with Crippen molar-refractivity contribution < 1.29 is 8.81 Å². The molecule has 1 rings (SSSR count). The number of nitrogens with two attached hydrogens (primary N) is 1. The van der Waals surface area contributed by atoms with E-state index in [0.717, 1.165) is 0 Å². The van der Waals surface area contributed by atoms with Gasteiger partial charge in [0.25, 0.3) is 6.01 Å². The summed E-state index contributed by atoms with van der Waals surface area (Å²) in [7, 11) is 0. The molecule has 0 bridgehead atoms. The third kappa shape index (κ3) is 1.29. The third-order valence-electron chi connectivity index (χ3n) is 1.11.